The summed E-state index contributed by atoms with van der Waals surface area (Å²) in [5.74, 6) is 0.0730. The van der Waals surface area contributed by atoms with E-state index in [4.69, 9.17) is 10.5 Å². The molecule has 210 valence electrons. The molecule has 1 saturated carbocycles. The summed E-state index contributed by atoms with van der Waals surface area (Å²) >= 11 is 0. The Morgan fingerprint density at radius 2 is 2.10 bits per heavy atom. The number of nitrogens with one attached hydrogen (secondary N) is 2. The molecule has 0 bridgehead atoms. The Bertz CT molecular complexity index is 1570. The molecule has 2 aromatic heterocycles. The van der Waals surface area contributed by atoms with Crippen LogP contribution in [-0.2, 0) is 11.8 Å². The smallest absolute Gasteiger partial charge is 0.293 e. The van der Waals surface area contributed by atoms with E-state index in [-0.39, 0.29) is 53.2 Å². The van der Waals surface area contributed by atoms with Gasteiger partial charge in [-0.2, -0.15) is 10.2 Å². The lowest BCUT2D eigenvalue weighted by molar-refractivity contribution is -0.122. The van der Waals surface area contributed by atoms with Crippen LogP contribution in [-0.4, -0.2) is 58.9 Å². The minimum Gasteiger partial charge on any atom is -0.478 e. The number of pyridine rings is 1. The maximum absolute atomic E-state index is 15.7. The van der Waals surface area contributed by atoms with Crippen molar-refractivity contribution < 1.29 is 13.9 Å². The largest absolute Gasteiger partial charge is 0.478 e. The molecular weight excluding hydrogens is 515 g/mol. The number of anilines is 3. The second-order valence-electron chi connectivity index (χ2n) is 10.9. The van der Waals surface area contributed by atoms with Crippen LogP contribution in [0.15, 0.2) is 35.3 Å². The van der Waals surface area contributed by atoms with Gasteiger partial charge in [-0.3, -0.25) is 9.59 Å². The topological polar surface area (TPSA) is 151 Å². The lowest BCUT2D eigenvalue weighted by atomic mass is 9.74. The molecule has 12 heteroatoms. The molecule has 11 nitrogen and oxygen atoms in total. The van der Waals surface area contributed by atoms with Gasteiger partial charge in [0.2, 0.25) is 5.95 Å². The molecule has 2 aliphatic rings. The van der Waals surface area contributed by atoms with Crippen LogP contribution in [0.1, 0.15) is 25.8 Å². The average Bonchev–Trinajstić information content (AvgIpc) is 3.66. The van der Waals surface area contributed by atoms with Gasteiger partial charge in [0.05, 0.1) is 11.7 Å². The summed E-state index contributed by atoms with van der Waals surface area (Å²) in [6, 6.07) is 9.06. The van der Waals surface area contributed by atoms with Crippen LogP contribution < -0.4 is 31.6 Å². The number of likely N-dealkylation sites (N-methyl/N-ethyl adjacent to an activating group) is 1. The molecule has 5 rings (SSSR count). The number of alkyl halides is 1. The van der Waals surface area contributed by atoms with Crippen LogP contribution in [0.3, 0.4) is 0 Å². The predicted octanol–water partition coefficient (Wildman–Crippen LogP) is 2.22. The molecule has 3 aromatic rings. The van der Waals surface area contributed by atoms with Crippen LogP contribution in [0.25, 0.3) is 10.9 Å². The Labute approximate surface area is 231 Å². The van der Waals surface area contributed by atoms with Crippen LogP contribution in [0.4, 0.5) is 21.8 Å². The number of aromatic nitrogens is 3. The highest BCUT2D eigenvalue weighted by atomic mass is 19.1. The van der Waals surface area contributed by atoms with E-state index in [9.17, 15) is 14.9 Å². The fourth-order valence-corrected chi connectivity index (χ4v) is 5.47. The summed E-state index contributed by atoms with van der Waals surface area (Å²) in [5, 5.41) is 16.1. The van der Waals surface area contributed by atoms with Crippen molar-refractivity contribution in [2.45, 2.75) is 32.0 Å². The van der Waals surface area contributed by atoms with E-state index in [2.05, 4.69) is 26.7 Å². The summed E-state index contributed by atoms with van der Waals surface area (Å²) in [6.45, 7) is 4.17. The normalized spacial score (nSPS) is 25.8. The van der Waals surface area contributed by atoms with Crippen molar-refractivity contribution in [2.75, 3.05) is 37.0 Å². The van der Waals surface area contributed by atoms with Crippen molar-refractivity contribution in [3.63, 3.8) is 0 Å². The number of carbonyl (C=O) groups excluding carboxylic acids is 1. The molecule has 1 aromatic carbocycles. The monoisotopic (exact) mass is 548 g/mol. The van der Waals surface area contributed by atoms with Crippen molar-refractivity contribution in [1.82, 2.24) is 19.9 Å². The number of rotatable bonds is 7. The highest BCUT2D eigenvalue weighted by Crippen LogP contribution is 2.48. The number of fused-ring (bicyclic) bond motifs is 1. The van der Waals surface area contributed by atoms with Crippen molar-refractivity contribution in [3.05, 3.63) is 46.4 Å². The summed E-state index contributed by atoms with van der Waals surface area (Å²) in [4.78, 5) is 35.4. The molecule has 0 radical (unpaired) electrons. The first-order valence-corrected chi connectivity index (χ1v) is 13.2. The van der Waals surface area contributed by atoms with Crippen molar-refractivity contribution in [2.24, 2.45) is 30.5 Å². The van der Waals surface area contributed by atoms with E-state index >= 15 is 4.39 Å². The van der Waals surface area contributed by atoms with Gasteiger partial charge in [-0.25, -0.2) is 9.37 Å². The number of amides is 1. The molecule has 0 spiro atoms. The van der Waals surface area contributed by atoms with Gasteiger partial charge in [0, 0.05) is 56.1 Å². The molecule has 1 aliphatic carbocycles. The maximum Gasteiger partial charge on any atom is 0.293 e. The van der Waals surface area contributed by atoms with Gasteiger partial charge in [-0.15, -0.1) is 0 Å². The molecule has 40 heavy (non-hydrogen) atoms. The van der Waals surface area contributed by atoms with Crippen LogP contribution in [0.5, 0.6) is 5.75 Å². The Balaban J connectivity index is 1.44. The molecule has 4 N–H and O–H groups in total. The Morgan fingerprint density at radius 3 is 2.77 bits per heavy atom. The van der Waals surface area contributed by atoms with Gasteiger partial charge in [0.15, 0.2) is 18.2 Å². The summed E-state index contributed by atoms with van der Waals surface area (Å²) in [6.07, 6.45) is 2.28. The van der Waals surface area contributed by atoms with Crippen molar-refractivity contribution in [1.29, 1.82) is 5.26 Å². The number of hydrogen-bond acceptors (Lipinski definition) is 9. The van der Waals surface area contributed by atoms with Gasteiger partial charge in [-0.05, 0) is 43.5 Å². The SMILES string of the molecule is CNC(=O)COc1cc2cc(Nc3nc(N4CC(C)C(C)(F)C(C5CC5N)C4)ncc3C#N)ccc2n(C)c1=O. The highest BCUT2D eigenvalue weighted by Gasteiger charge is 2.54. The highest BCUT2D eigenvalue weighted by molar-refractivity contribution is 5.85. The molecule has 5 unspecified atom stereocenters. The van der Waals surface area contributed by atoms with Crippen molar-refractivity contribution in [3.8, 4) is 11.8 Å². The van der Waals surface area contributed by atoms with Gasteiger partial charge in [0.25, 0.3) is 11.5 Å². The molecule has 1 saturated heterocycles. The van der Waals surface area contributed by atoms with Crippen LogP contribution in [0, 0.1) is 29.1 Å². The van der Waals surface area contributed by atoms with Gasteiger partial charge in [-0.1, -0.05) is 6.92 Å². The molecular formula is C28H33FN8O3. The van der Waals surface area contributed by atoms with Gasteiger partial charge in [0.1, 0.15) is 17.3 Å². The van der Waals surface area contributed by atoms with E-state index in [1.165, 1.54) is 17.8 Å². The zero-order valence-electron chi connectivity index (χ0n) is 22.9. The lowest BCUT2D eigenvalue weighted by Crippen LogP contribution is -2.55. The number of aryl methyl sites for hydroxylation is 1. The van der Waals surface area contributed by atoms with Crippen LogP contribution >= 0.6 is 0 Å². The van der Waals surface area contributed by atoms with E-state index < -0.39 is 5.67 Å². The summed E-state index contributed by atoms with van der Waals surface area (Å²) < 4.78 is 22.5. The molecule has 5 atom stereocenters. The fraction of sp³-hybridized carbons (Fsp3) is 0.464. The second-order valence-corrected chi connectivity index (χ2v) is 10.9. The molecule has 3 heterocycles. The molecule has 2 fully saturated rings. The first-order chi connectivity index (χ1) is 19.0. The number of carbonyl (C=O) groups is 1. The van der Waals surface area contributed by atoms with Gasteiger partial charge >= 0.3 is 0 Å². The van der Waals surface area contributed by atoms with E-state index in [1.54, 1.807) is 38.2 Å². The van der Waals surface area contributed by atoms with Crippen LogP contribution in [0.2, 0.25) is 0 Å². The minimum absolute atomic E-state index is 0.0217. The quantitative estimate of drug-likeness (QED) is 0.404. The number of piperidine rings is 1. The Morgan fingerprint density at radius 1 is 1.35 bits per heavy atom. The standard InChI is InChI=1S/C28H33FN8O3/c1-15-12-37(13-20(28(15,2)29)19-9-21(19)31)27-33-11-17(10-30)25(35-27)34-18-5-6-22-16(7-18)8-23(26(39)36(22)4)40-14-24(38)32-3/h5-8,11,15,19-21H,9,12-14,31H2,1-4H3,(H,32,38)(H,33,34,35). The molecule has 1 aliphatic heterocycles. The third-order valence-corrected chi connectivity index (χ3v) is 8.28. The van der Waals surface area contributed by atoms with Gasteiger partial charge < -0.3 is 30.6 Å². The third kappa shape index (κ3) is 5.04. The number of hydrogen-bond donors (Lipinski definition) is 3. The number of nitriles is 1. The van der Waals surface area contributed by atoms with E-state index in [0.717, 1.165) is 6.42 Å². The number of nitrogens with two attached hydrogens (primary N) is 1. The lowest BCUT2D eigenvalue weighted by Gasteiger charge is -2.45. The number of ether oxygens (including phenoxy) is 1. The summed E-state index contributed by atoms with van der Waals surface area (Å²) in [5.41, 5.74) is 5.92. The number of nitrogens with zero attached hydrogens (tertiary/aromatic N) is 5. The second kappa shape index (κ2) is 10.4. The maximum atomic E-state index is 15.7. The number of halogens is 1. The average molecular weight is 549 g/mol. The zero-order chi connectivity index (χ0) is 28.8. The van der Waals surface area contributed by atoms with Crippen molar-refractivity contribution >= 4 is 34.3 Å². The predicted molar refractivity (Wildman–Crippen MR) is 149 cm³/mol. The first kappa shape index (κ1) is 27.3. The fourth-order valence-electron chi connectivity index (χ4n) is 5.47. The summed E-state index contributed by atoms with van der Waals surface area (Å²) in [7, 11) is 3.11. The van der Waals surface area contributed by atoms with E-state index in [0.29, 0.717) is 41.4 Å². The first-order valence-electron chi connectivity index (χ1n) is 13.2. The Kier molecular flexibility index (Phi) is 7.10. The number of benzene rings is 1. The van der Waals surface area contributed by atoms with E-state index in [1.807, 2.05) is 11.8 Å². The molecule has 1 amide bonds. The zero-order valence-corrected chi connectivity index (χ0v) is 22.9. The Hall–Kier alpha value is -4.24. The third-order valence-electron chi connectivity index (χ3n) is 8.28. The minimum atomic E-state index is -1.34.